The Morgan fingerprint density at radius 3 is 0.743 bits per heavy atom. The molecule has 0 aliphatic rings. The van der Waals surface area contributed by atoms with Crippen LogP contribution in [0.5, 0.6) is 0 Å². The molecule has 0 spiro atoms. The second kappa shape index (κ2) is 162. The Kier molecular flexibility index (Phi) is 184. The number of hydrogen-bond donors (Lipinski definition) is 21. The van der Waals surface area contributed by atoms with Gasteiger partial charge in [-0.3, -0.25) is 9.59 Å². The molecule has 824 valence electrons. The molecule has 0 aromatic rings. The van der Waals surface area contributed by atoms with Crippen molar-refractivity contribution in [1.29, 1.82) is 0 Å². The van der Waals surface area contributed by atoms with Crippen LogP contribution in [0.4, 0.5) is 28.8 Å². The maximum absolute atomic E-state index is 10.6. The number of esters is 1. The van der Waals surface area contributed by atoms with Crippen molar-refractivity contribution < 1.29 is 218 Å². The number of hydrogen-bond acceptors (Lipinski definition) is 47. The molecule has 0 aromatic heterocycles. The van der Waals surface area contributed by atoms with E-state index >= 15 is 0 Å². The third-order valence-electron chi connectivity index (χ3n) is 13.2. The number of rotatable bonds is 78. The van der Waals surface area contributed by atoms with E-state index in [0.29, 0.717) is 231 Å². The number of carbonyl (C=O) groups is 8. The molecule has 0 atom stereocenters. The van der Waals surface area contributed by atoms with Crippen molar-refractivity contribution in [3.63, 3.8) is 0 Å². The number of nitrogens with one attached hydrogen (secondary N) is 9. The maximum Gasteiger partial charge on any atom is 0.508 e. The zero-order valence-electron chi connectivity index (χ0n) is 83.2. The summed E-state index contributed by atoms with van der Waals surface area (Å²) in [6.07, 6.45) is 4.57. The molecule has 0 unspecified atom stereocenters. The fraction of sp³-hybridized carbons (Fsp3) is 0.902. The largest absolute Gasteiger partial charge is 0.508 e. The van der Waals surface area contributed by atoms with Crippen LogP contribution in [0.25, 0.3) is 0 Å². The first kappa shape index (κ1) is 155. The Balaban J connectivity index is -0.000000124. The lowest BCUT2D eigenvalue weighted by molar-refractivity contribution is -0.142. The molecule has 0 saturated carbocycles. The molecule has 0 aromatic carbocycles. The normalized spacial score (nSPS) is 9.76. The van der Waals surface area contributed by atoms with Gasteiger partial charge in [-0.2, -0.15) is 0 Å². The van der Waals surface area contributed by atoms with Crippen molar-refractivity contribution in [3.05, 3.63) is 0 Å². The van der Waals surface area contributed by atoms with Crippen molar-refractivity contribution in [2.45, 2.75) is 51.4 Å². The first-order valence-corrected chi connectivity index (χ1v) is 44.2. The predicted molar refractivity (Wildman–Crippen MR) is 495 cm³/mol. The molecule has 54 heteroatoms. The smallest absolute Gasteiger partial charge is 0.469 e. The van der Waals surface area contributed by atoms with E-state index in [-0.39, 0.29) is 149 Å². The van der Waals surface area contributed by atoms with Crippen molar-refractivity contribution in [2.24, 2.45) is 0 Å². The van der Waals surface area contributed by atoms with Gasteiger partial charge in [-0.15, -0.1) is 0 Å². The summed E-state index contributed by atoms with van der Waals surface area (Å²) in [6, 6.07) is -0.224. The monoisotopic (exact) mass is 2010 g/mol. The minimum Gasteiger partial charge on any atom is -0.469 e. The highest BCUT2D eigenvalue weighted by Crippen LogP contribution is 2.04. The first-order valence-electron chi connectivity index (χ1n) is 44.2. The van der Waals surface area contributed by atoms with E-state index < -0.39 is 24.4 Å². The average Bonchev–Trinajstić information content (AvgIpc) is 1.10. The molecule has 0 fully saturated rings. The molecule has 7 amide bonds. The first-order chi connectivity index (χ1) is 66.1. The lowest BCUT2D eigenvalue weighted by Gasteiger charge is -2.05. The summed E-state index contributed by atoms with van der Waals surface area (Å²) in [5.41, 5.74) is 0. The van der Waals surface area contributed by atoms with Gasteiger partial charge in [-0.25, -0.2) is 28.8 Å². The maximum atomic E-state index is 10.6. The molecular weight excluding hydrogens is 1830 g/mol. The van der Waals surface area contributed by atoms with Gasteiger partial charge < -0.3 is 228 Å². The minimum atomic E-state index is -0.724. The third kappa shape index (κ3) is 198. The fourth-order valence-corrected chi connectivity index (χ4v) is 6.72. The molecule has 0 aliphatic heterocycles. The van der Waals surface area contributed by atoms with E-state index in [1.165, 1.54) is 55.4 Å². The Morgan fingerprint density at radius 2 is 0.463 bits per heavy atom. The molecule has 0 bridgehead atoms. The zero-order valence-corrected chi connectivity index (χ0v) is 83.2. The van der Waals surface area contributed by atoms with Gasteiger partial charge in [0.1, 0.15) is 19.8 Å². The molecule has 54 nitrogen and oxygen atoms in total. The molecule has 136 heavy (non-hydrogen) atoms. The van der Waals surface area contributed by atoms with E-state index in [0.717, 1.165) is 38.8 Å². The number of aliphatic hydroxyl groups excluding tert-OH is 12. The fourth-order valence-electron chi connectivity index (χ4n) is 6.72. The van der Waals surface area contributed by atoms with Crippen LogP contribution in [-0.4, -0.2) is 551 Å². The standard InChI is InChI=1S/C10H21NO3.C9H21NO4.2C8H17NO5.C7H16O4.C6H14N2O3.C6H13NO4.C6H13NO3.C6H12O5.C6H12O4.C5H13NO2.C5H12O3/c1-14-10(13)11-8-6-4-2-3-5-7-9-12;1-10-2-4-12-6-8-14-9-7-13-5-3-11;1-12-8(11)9-2-4-13-6-7-14-5-3-10;1-9-8(11)14-7-6-13-5-4-12-3-2-10;1-9-4-5-11-7-6-10-3-2-8;1-7-6(10)8-2-4-11-5-3-9;1-7-6(9)11-5-4-10-3-2-8;1-7-6(9)2-4-10-5-3-8;1-9-6(8)11-5-4-10-3-2-7;1-9-6(8)2-4-10-5-3-7;1-6-2-4-8-5-3-7;1-7-4-5-8-3-2-6/h12H,2-9H2,1H3,(H,11,13);10-11H,2-9H2,1H3;2*10H,2-7H2,1H3,(H,9,11);8H,2-7H2,1H3;9H,2-5H2,1H3,(H2,7,8,10);8H,2-5H2,1H3,(H,7,9);8H,2-5H2,1H3,(H,7,9);7H,2-5H2,1H3;7H,2-5H2,1H3;6-7H,2-5H2,1H3;6H,2-5H2,1H3. The Morgan fingerprint density at radius 1 is 0.206 bits per heavy atom. The Hall–Kier alpha value is -6.72. The summed E-state index contributed by atoms with van der Waals surface area (Å²) in [4.78, 5) is 83.9. The lowest BCUT2D eigenvalue weighted by atomic mass is 10.1. The van der Waals surface area contributed by atoms with Gasteiger partial charge in [-0.05, 0) is 26.9 Å². The average molecular weight is 2010 g/mol. The summed E-state index contributed by atoms with van der Waals surface area (Å²) in [7, 11) is 18.3. The number of carbonyl (C=O) groups excluding carboxylic acids is 8. The number of likely N-dealkylation sites (N-methyl/N-ethyl adjacent to an activating group) is 2. The molecule has 21 N–H and O–H groups in total. The van der Waals surface area contributed by atoms with Crippen LogP contribution < -0.4 is 47.9 Å². The molecule has 0 saturated heterocycles. The molecule has 0 aliphatic carbocycles. The van der Waals surface area contributed by atoms with Gasteiger partial charge in [-0.1, -0.05) is 25.7 Å². The van der Waals surface area contributed by atoms with Crippen LogP contribution >= 0.6 is 0 Å². The van der Waals surface area contributed by atoms with Crippen LogP contribution in [0.2, 0.25) is 0 Å². The third-order valence-corrected chi connectivity index (χ3v) is 13.2. The van der Waals surface area contributed by atoms with Crippen LogP contribution in [-0.2, 0) is 128 Å². The molecular formula is C82H181N9O45. The zero-order chi connectivity index (χ0) is 105. The lowest BCUT2D eigenvalue weighted by Crippen LogP contribution is -2.35. The van der Waals surface area contributed by atoms with Crippen LogP contribution in [0.3, 0.4) is 0 Å². The molecule has 0 radical (unpaired) electrons. The topological polar surface area (TPSA) is 718 Å². The highest BCUT2D eigenvalue weighted by Gasteiger charge is 2.04. The van der Waals surface area contributed by atoms with Crippen LogP contribution in [0.15, 0.2) is 0 Å². The van der Waals surface area contributed by atoms with E-state index in [9.17, 15) is 38.4 Å². The minimum absolute atomic E-state index is 0.00768. The van der Waals surface area contributed by atoms with Gasteiger partial charge in [0.2, 0.25) is 5.91 Å². The second-order valence-electron chi connectivity index (χ2n) is 24.0. The quantitative estimate of drug-likeness (QED) is 0.0154. The van der Waals surface area contributed by atoms with Gasteiger partial charge >= 0.3 is 42.5 Å². The summed E-state index contributed by atoms with van der Waals surface area (Å²) in [5, 5.41) is 123. The van der Waals surface area contributed by atoms with Crippen molar-refractivity contribution in [2.75, 3.05) is 441 Å². The summed E-state index contributed by atoms with van der Waals surface area (Å²) < 4.78 is 120. The number of amides is 7. The second-order valence-corrected chi connectivity index (χ2v) is 24.0. The van der Waals surface area contributed by atoms with E-state index in [1.807, 2.05) is 14.1 Å². The van der Waals surface area contributed by atoms with E-state index in [1.54, 1.807) is 28.3 Å². The van der Waals surface area contributed by atoms with Crippen molar-refractivity contribution in [1.82, 2.24) is 47.9 Å². The highest BCUT2D eigenvalue weighted by molar-refractivity contribution is 5.75. The van der Waals surface area contributed by atoms with Crippen LogP contribution in [0, 0.1) is 0 Å². The summed E-state index contributed by atoms with van der Waals surface area (Å²) in [5.74, 6) is -0.337. The number of unbranched alkanes of at least 4 members (excludes halogenated alkanes) is 5. The summed E-state index contributed by atoms with van der Waals surface area (Å²) >= 11 is 0. The van der Waals surface area contributed by atoms with Crippen molar-refractivity contribution in [3.8, 4) is 0 Å². The number of ether oxygens (including phenoxy) is 25. The van der Waals surface area contributed by atoms with Gasteiger partial charge in [0.15, 0.2) is 0 Å². The van der Waals surface area contributed by atoms with Crippen molar-refractivity contribution >= 4 is 48.4 Å². The number of methoxy groups -OCH3 is 6. The Bertz CT molecular complexity index is 1990. The van der Waals surface area contributed by atoms with Gasteiger partial charge in [0.25, 0.3) is 0 Å². The SMILES string of the molecule is CNC(=O)CCOCCO.CNC(=O)NCCOCCO.CNC(=O)OCCOCCO.CNC(=O)OCCOCCOCCO.CNCCOCCO.CNCCOCCOCCOCCO.COC(=O)CCOCCO.COC(=O)NCCCCCCCCO.COC(=O)NCCOCCOCCO.COC(=O)OCCOCCO.COCCOCCO.COCCOCCOCCO. The van der Waals surface area contributed by atoms with E-state index in [2.05, 4.69) is 85.7 Å². The van der Waals surface area contributed by atoms with Gasteiger partial charge in [0.05, 0.1) is 332 Å². The van der Waals surface area contributed by atoms with Gasteiger partial charge in [0, 0.05) is 88.2 Å². The van der Waals surface area contributed by atoms with Crippen LogP contribution in [0.1, 0.15) is 51.4 Å². The molecule has 0 heterocycles. The van der Waals surface area contributed by atoms with E-state index in [4.69, 9.17) is 142 Å². The Labute approximate surface area is 804 Å². The number of urea groups is 1. The molecule has 0 rings (SSSR count). The number of aliphatic hydroxyl groups is 12. The highest BCUT2D eigenvalue weighted by atomic mass is 16.7. The number of alkyl carbamates (subject to hydrolysis) is 4. The summed E-state index contributed by atoms with van der Waals surface area (Å²) in [6.45, 7) is 19.5. The predicted octanol–water partition coefficient (Wildman–Crippen LogP) is -5.08.